The highest BCUT2D eigenvalue weighted by Crippen LogP contribution is 2.22. The SMILES string of the molecule is CC(C)NCc1ccncc1N1CCSCC1. The molecule has 0 amide bonds. The topological polar surface area (TPSA) is 28.2 Å². The van der Waals surface area contributed by atoms with Crippen LogP contribution in [0.2, 0.25) is 0 Å². The molecule has 0 unspecified atom stereocenters. The Labute approximate surface area is 108 Å². The molecule has 0 aliphatic carbocycles. The first-order chi connectivity index (χ1) is 8.27. The van der Waals surface area contributed by atoms with E-state index in [1.165, 1.54) is 22.8 Å². The number of rotatable bonds is 4. The van der Waals surface area contributed by atoms with Gasteiger partial charge in [-0.1, -0.05) is 13.8 Å². The summed E-state index contributed by atoms with van der Waals surface area (Å²) in [6.45, 7) is 7.58. The molecule has 4 heteroatoms. The van der Waals surface area contributed by atoms with E-state index in [1.54, 1.807) is 0 Å². The molecule has 3 nitrogen and oxygen atoms in total. The van der Waals surface area contributed by atoms with Crippen LogP contribution in [0.4, 0.5) is 5.69 Å². The molecule has 1 N–H and O–H groups in total. The first kappa shape index (κ1) is 12.7. The molecule has 1 aromatic rings. The minimum absolute atomic E-state index is 0.521. The van der Waals surface area contributed by atoms with Crippen molar-refractivity contribution in [1.29, 1.82) is 0 Å². The maximum atomic E-state index is 4.27. The van der Waals surface area contributed by atoms with E-state index < -0.39 is 0 Å². The van der Waals surface area contributed by atoms with Gasteiger partial charge in [-0.15, -0.1) is 0 Å². The lowest BCUT2D eigenvalue weighted by atomic mass is 10.2. The minimum atomic E-state index is 0.521. The van der Waals surface area contributed by atoms with Crippen molar-refractivity contribution in [2.75, 3.05) is 29.5 Å². The molecule has 0 radical (unpaired) electrons. The molecule has 1 aliphatic heterocycles. The highest BCUT2D eigenvalue weighted by molar-refractivity contribution is 7.99. The summed E-state index contributed by atoms with van der Waals surface area (Å²) < 4.78 is 0. The number of pyridine rings is 1. The van der Waals surface area contributed by atoms with Crippen LogP contribution in [0.15, 0.2) is 18.5 Å². The van der Waals surface area contributed by atoms with E-state index in [0.29, 0.717) is 6.04 Å². The third-order valence-corrected chi connectivity index (χ3v) is 3.88. The number of hydrogen-bond donors (Lipinski definition) is 1. The second-order valence-electron chi connectivity index (χ2n) is 4.64. The van der Waals surface area contributed by atoms with Crippen LogP contribution < -0.4 is 10.2 Å². The van der Waals surface area contributed by atoms with Gasteiger partial charge in [-0.25, -0.2) is 0 Å². The number of aromatic nitrogens is 1. The van der Waals surface area contributed by atoms with E-state index in [9.17, 15) is 0 Å². The van der Waals surface area contributed by atoms with Gasteiger partial charge in [-0.05, 0) is 11.6 Å². The highest BCUT2D eigenvalue weighted by atomic mass is 32.2. The van der Waals surface area contributed by atoms with E-state index in [1.807, 2.05) is 24.2 Å². The summed E-state index contributed by atoms with van der Waals surface area (Å²) >= 11 is 2.04. The van der Waals surface area contributed by atoms with Crippen molar-refractivity contribution in [1.82, 2.24) is 10.3 Å². The summed E-state index contributed by atoms with van der Waals surface area (Å²) in [5.74, 6) is 2.46. The molecular weight excluding hydrogens is 230 g/mol. The lowest BCUT2D eigenvalue weighted by molar-refractivity contribution is 0.587. The van der Waals surface area contributed by atoms with Crippen molar-refractivity contribution in [3.05, 3.63) is 24.0 Å². The van der Waals surface area contributed by atoms with Gasteiger partial charge in [0.15, 0.2) is 0 Å². The van der Waals surface area contributed by atoms with Gasteiger partial charge < -0.3 is 10.2 Å². The van der Waals surface area contributed by atoms with E-state index in [4.69, 9.17) is 0 Å². The molecule has 1 aliphatic rings. The molecule has 0 aromatic carbocycles. The van der Waals surface area contributed by atoms with Crippen LogP contribution in [-0.2, 0) is 6.54 Å². The van der Waals surface area contributed by atoms with Crippen molar-refractivity contribution < 1.29 is 0 Å². The number of anilines is 1. The quantitative estimate of drug-likeness (QED) is 0.887. The molecule has 2 rings (SSSR count). The standard InChI is InChI=1S/C13H21N3S/c1-11(2)15-9-12-3-4-14-10-13(12)16-5-7-17-8-6-16/h3-4,10-11,15H,5-9H2,1-2H3. The van der Waals surface area contributed by atoms with Gasteiger partial charge in [-0.2, -0.15) is 11.8 Å². The Morgan fingerprint density at radius 2 is 2.18 bits per heavy atom. The van der Waals surface area contributed by atoms with Crippen molar-refractivity contribution in [2.45, 2.75) is 26.4 Å². The molecule has 0 bridgehead atoms. The fraction of sp³-hybridized carbons (Fsp3) is 0.615. The van der Waals surface area contributed by atoms with Crippen molar-refractivity contribution in [2.24, 2.45) is 0 Å². The van der Waals surface area contributed by atoms with E-state index in [0.717, 1.165) is 19.6 Å². The number of thioether (sulfide) groups is 1. The van der Waals surface area contributed by atoms with Crippen LogP contribution in [-0.4, -0.2) is 35.6 Å². The first-order valence-electron chi connectivity index (χ1n) is 6.26. The molecular formula is C13H21N3S. The molecule has 94 valence electrons. The summed E-state index contributed by atoms with van der Waals surface area (Å²) in [5, 5.41) is 3.48. The zero-order chi connectivity index (χ0) is 12.1. The largest absolute Gasteiger partial charge is 0.368 e. The van der Waals surface area contributed by atoms with Gasteiger partial charge >= 0.3 is 0 Å². The lowest BCUT2D eigenvalue weighted by Crippen LogP contribution is -2.34. The van der Waals surface area contributed by atoms with Crippen LogP contribution in [0.25, 0.3) is 0 Å². The predicted molar refractivity (Wildman–Crippen MR) is 75.8 cm³/mol. The first-order valence-corrected chi connectivity index (χ1v) is 7.42. The predicted octanol–water partition coefficient (Wildman–Crippen LogP) is 2.13. The average Bonchev–Trinajstić information content (AvgIpc) is 2.38. The Morgan fingerprint density at radius 1 is 1.41 bits per heavy atom. The molecule has 1 fully saturated rings. The van der Waals surface area contributed by atoms with Crippen molar-refractivity contribution >= 4 is 17.4 Å². The number of nitrogens with zero attached hydrogens (tertiary/aromatic N) is 2. The summed E-state index contributed by atoms with van der Waals surface area (Å²) in [6.07, 6.45) is 3.90. The second kappa shape index (κ2) is 6.26. The normalized spacial score (nSPS) is 16.5. The Hall–Kier alpha value is -0.740. The van der Waals surface area contributed by atoms with Crippen LogP contribution in [0.5, 0.6) is 0 Å². The Bertz CT molecular complexity index is 348. The van der Waals surface area contributed by atoms with Gasteiger partial charge in [0, 0.05) is 43.4 Å². The van der Waals surface area contributed by atoms with E-state index >= 15 is 0 Å². The molecule has 17 heavy (non-hydrogen) atoms. The second-order valence-corrected chi connectivity index (χ2v) is 5.86. The van der Waals surface area contributed by atoms with E-state index in [2.05, 4.69) is 35.1 Å². The van der Waals surface area contributed by atoms with Crippen molar-refractivity contribution in [3.63, 3.8) is 0 Å². The Balaban J connectivity index is 2.09. The molecule has 2 heterocycles. The highest BCUT2D eigenvalue weighted by Gasteiger charge is 2.14. The van der Waals surface area contributed by atoms with Crippen molar-refractivity contribution in [3.8, 4) is 0 Å². The summed E-state index contributed by atoms with van der Waals surface area (Å²) in [7, 11) is 0. The Kier molecular flexibility index (Phi) is 4.68. The van der Waals surface area contributed by atoms with Crippen LogP contribution in [0, 0.1) is 0 Å². The zero-order valence-corrected chi connectivity index (χ0v) is 11.5. The molecule has 0 atom stereocenters. The average molecular weight is 251 g/mol. The van der Waals surface area contributed by atoms with Gasteiger partial charge in [0.05, 0.1) is 11.9 Å². The number of hydrogen-bond acceptors (Lipinski definition) is 4. The molecule has 1 saturated heterocycles. The molecule has 1 aromatic heterocycles. The van der Waals surface area contributed by atoms with Gasteiger partial charge in [0.1, 0.15) is 0 Å². The van der Waals surface area contributed by atoms with Gasteiger partial charge in [0.25, 0.3) is 0 Å². The number of nitrogens with one attached hydrogen (secondary N) is 1. The monoisotopic (exact) mass is 251 g/mol. The zero-order valence-electron chi connectivity index (χ0n) is 10.6. The van der Waals surface area contributed by atoms with Gasteiger partial charge in [-0.3, -0.25) is 4.98 Å². The summed E-state index contributed by atoms with van der Waals surface area (Å²) in [5.41, 5.74) is 2.67. The third kappa shape index (κ3) is 3.61. The fourth-order valence-corrected chi connectivity index (χ4v) is 2.87. The summed E-state index contributed by atoms with van der Waals surface area (Å²) in [6, 6.07) is 2.65. The van der Waals surface area contributed by atoms with Gasteiger partial charge in [0.2, 0.25) is 0 Å². The van der Waals surface area contributed by atoms with E-state index in [-0.39, 0.29) is 0 Å². The maximum Gasteiger partial charge on any atom is 0.0598 e. The maximum absolute atomic E-state index is 4.27. The Morgan fingerprint density at radius 3 is 2.88 bits per heavy atom. The van der Waals surface area contributed by atoms with Crippen LogP contribution in [0.1, 0.15) is 19.4 Å². The molecule has 0 spiro atoms. The third-order valence-electron chi connectivity index (χ3n) is 2.94. The fourth-order valence-electron chi connectivity index (χ4n) is 1.97. The molecule has 0 saturated carbocycles. The summed E-state index contributed by atoms with van der Waals surface area (Å²) in [4.78, 5) is 6.73. The smallest absolute Gasteiger partial charge is 0.0598 e. The minimum Gasteiger partial charge on any atom is -0.368 e. The van der Waals surface area contributed by atoms with Crippen LogP contribution >= 0.6 is 11.8 Å². The lowest BCUT2D eigenvalue weighted by Gasteiger charge is -2.30. The van der Waals surface area contributed by atoms with Crippen LogP contribution in [0.3, 0.4) is 0 Å².